The average molecular weight is 309 g/mol. The molecule has 2 aromatic carbocycles. The minimum absolute atomic E-state index is 0.241. The zero-order valence-corrected chi connectivity index (χ0v) is 11.5. The summed E-state index contributed by atoms with van der Waals surface area (Å²) in [4.78, 5) is 0. The summed E-state index contributed by atoms with van der Waals surface area (Å²) in [5.41, 5.74) is 5.65. The predicted octanol–water partition coefficient (Wildman–Crippen LogP) is 3.45. The third-order valence-corrected chi connectivity index (χ3v) is 3.53. The molecule has 2 rings (SSSR count). The SMILES string of the molecule is Cc1ccc(Br)c(C(NN)c2cccc(F)c2)c1. The van der Waals surface area contributed by atoms with E-state index in [1.54, 1.807) is 6.07 Å². The predicted molar refractivity (Wildman–Crippen MR) is 74.4 cm³/mol. The van der Waals surface area contributed by atoms with Crippen LogP contribution in [-0.4, -0.2) is 0 Å². The summed E-state index contributed by atoms with van der Waals surface area (Å²) in [7, 11) is 0. The number of hydrazine groups is 1. The van der Waals surface area contributed by atoms with E-state index in [0.717, 1.165) is 21.2 Å². The number of rotatable bonds is 3. The fourth-order valence-corrected chi connectivity index (χ4v) is 2.41. The molecule has 0 aliphatic heterocycles. The van der Waals surface area contributed by atoms with E-state index in [-0.39, 0.29) is 11.9 Å². The maximum atomic E-state index is 13.3. The smallest absolute Gasteiger partial charge is 0.123 e. The second-order valence-corrected chi connectivity index (χ2v) is 5.03. The van der Waals surface area contributed by atoms with E-state index in [4.69, 9.17) is 5.84 Å². The van der Waals surface area contributed by atoms with Gasteiger partial charge in [0.25, 0.3) is 0 Å². The molecule has 1 atom stereocenters. The molecule has 0 aromatic heterocycles. The second-order valence-electron chi connectivity index (χ2n) is 4.18. The van der Waals surface area contributed by atoms with Crippen LogP contribution in [0.1, 0.15) is 22.7 Å². The van der Waals surface area contributed by atoms with Gasteiger partial charge in [-0.3, -0.25) is 5.84 Å². The minimum Gasteiger partial charge on any atom is -0.271 e. The molecule has 2 aromatic rings. The number of benzene rings is 2. The van der Waals surface area contributed by atoms with Crippen LogP contribution in [-0.2, 0) is 0 Å². The second kappa shape index (κ2) is 5.61. The topological polar surface area (TPSA) is 38.0 Å². The van der Waals surface area contributed by atoms with Gasteiger partial charge in [0.15, 0.2) is 0 Å². The van der Waals surface area contributed by atoms with Crippen LogP contribution in [0, 0.1) is 12.7 Å². The zero-order chi connectivity index (χ0) is 13.1. The number of aryl methyl sites for hydroxylation is 1. The van der Waals surface area contributed by atoms with E-state index in [1.165, 1.54) is 12.1 Å². The van der Waals surface area contributed by atoms with Crippen molar-refractivity contribution in [3.05, 3.63) is 69.4 Å². The van der Waals surface area contributed by atoms with E-state index in [0.29, 0.717) is 0 Å². The fraction of sp³-hybridized carbons (Fsp3) is 0.143. The van der Waals surface area contributed by atoms with Crippen molar-refractivity contribution in [2.45, 2.75) is 13.0 Å². The lowest BCUT2D eigenvalue weighted by Crippen LogP contribution is -2.29. The Labute approximate surface area is 114 Å². The van der Waals surface area contributed by atoms with Crippen LogP contribution in [0.5, 0.6) is 0 Å². The molecular formula is C14H14BrFN2. The van der Waals surface area contributed by atoms with Gasteiger partial charge in [-0.1, -0.05) is 45.8 Å². The Morgan fingerprint density at radius 3 is 2.67 bits per heavy atom. The summed E-state index contributed by atoms with van der Waals surface area (Å²) in [6.07, 6.45) is 0. The van der Waals surface area contributed by atoms with Crippen molar-refractivity contribution in [3.63, 3.8) is 0 Å². The van der Waals surface area contributed by atoms with Gasteiger partial charge < -0.3 is 0 Å². The molecule has 0 fully saturated rings. The number of nitrogens with two attached hydrogens (primary N) is 1. The molecule has 18 heavy (non-hydrogen) atoms. The largest absolute Gasteiger partial charge is 0.271 e. The van der Waals surface area contributed by atoms with E-state index in [2.05, 4.69) is 21.4 Å². The van der Waals surface area contributed by atoms with E-state index >= 15 is 0 Å². The monoisotopic (exact) mass is 308 g/mol. The summed E-state index contributed by atoms with van der Waals surface area (Å²) in [6, 6.07) is 12.2. The van der Waals surface area contributed by atoms with E-state index in [1.807, 2.05) is 31.2 Å². The first-order chi connectivity index (χ1) is 8.61. The Balaban J connectivity index is 2.48. The summed E-state index contributed by atoms with van der Waals surface area (Å²) >= 11 is 3.50. The van der Waals surface area contributed by atoms with Crippen molar-refractivity contribution in [2.24, 2.45) is 5.84 Å². The Morgan fingerprint density at radius 2 is 2.00 bits per heavy atom. The van der Waals surface area contributed by atoms with Gasteiger partial charge in [0.2, 0.25) is 0 Å². The third kappa shape index (κ3) is 2.77. The molecule has 0 saturated heterocycles. The van der Waals surface area contributed by atoms with Crippen molar-refractivity contribution < 1.29 is 4.39 Å². The Bertz CT molecular complexity index is 557. The Morgan fingerprint density at radius 1 is 1.22 bits per heavy atom. The lowest BCUT2D eigenvalue weighted by molar-refractivity contribution is 0.604. The minimum atomic E-state index is -0.267. The summed E-state index contributed by atoms with van der Waals surface area (Å²) in [5, 5.41) is 0. The first kappa shape index (κ1) is 13.2. The van der Waals surface area contributed by atoms with E-state index < -0.39 is 0 Å². The van der Waals surface area contributed by atoms with Crippen LogP contribution in [0.15, 0.2) is 46.9 Å². The van der Waals surface area contributed by atoms with Crippen LogP contribution >= 0.6 is 15.9 Å². The molecule has 0 bridgehead atoms. The maximum absolute atomic E-state index is 13.3. The first-order valence-corrected chi connectivity index (χ1v) is 6.39. The number of halogens is 2. The van der Waals surface area contributed by atoms with Gasteiger partial charge in [-0.2, -0.15) is 0 Å². The molecular weight excluding hydrogens is 295 g/mol. The van der Waals surface area contributed by atoms with Crippen LogP contribution in [0.3, 0.4) is 0 Å². The number of hydrogen-bond acceptors (Lipinski definition) is 2. The van der Waals surface area contributed by atoms with Gasteiger partial charge in [-0.15, -0.1) is 0 Å². The van der Waals surface area contributed by atoms with Crippen LogP contribution in [0.25, 0.3) is 0 Å². The quantitative estimate of drug-likeness (QED) is 0.673. The summed E-state index contributed by atoms with van der Waals surface area (Å²) < 4.78 is 14.2. The molecule has 4 heteroatoms. The van der Waals surface area contributed by atoms with Crippen molar-refractivity contribution in [1.29, 1.82) is 0 Å². The molecule has 0 saturated carbocycles. The highest BCUT2D eigenvalue weighted by molar-refractivity contribution is 9.10. The van der Waals surface area contributed by atoms with Gasteiger partial charge in [0, 0.05) is 4.47 Å². The van der Waals surface area contributed by atoms with Gasteiger partial charge >= 0.3 is 0 Å². The molecule has 0 amide bonds. The van der Waals surface area contributed by atoms with Gasteiger partial charge in [0.05, 0.1) is 6.04 Å². The van der Waals surface area contributed by atoms with Crippen LogP contribution in [0.2, 0.25) is 0 Å². The zero-order valence-electron chi connectivity index (χ0n) is 9.95. The lowest BCUT2D eigenvalue weighted by atomic mass is 9.98. The molecule has 0 aliphatic carbocycles. The molecule has 0 spiro atoms. The number of nitrogens with one attached hydrogen (secondary N) is 1. The van der Waals surface area contributed by atoms with Gasteiger partial charge in [0.1, 0.15) is 5.82 Å². The van der Waals surface area contributed by atoms with Crippen molar-refractivity contribution >= 4 is 15.9 Å². The fourth-order valence-electron chi connectivity index (χ4n) is 1.94. The number of hydrogen-bond donors (Lipinski definition) is 2. The van der Waals surface area contributed by atoms with Crippen LogP contribution < -0.4 is 11.3 Å². The van der Waals surface area contributed by atoms with E-state index in [9.17, 15) is 4.39 Å². The van der Waals surface area contributed by atoms with Gasteiger partial charge in [-0.05, 0) is 36.2 Å². The van der Waals surface area contributed by atoms with Crippen molar-refractivity contribution in [1.82, 2.24) is 5.43 Å². The molecule has 0 aliphatic rings. The normalized spacial score (nSPS) is 12.4. The molecule has 0 radical (unpaired) electrons. The highest BCUT2D eigenvalue weighted by atomic mass is 79.9. The highest BCUT2D eigenvalue weighted by Gasteiger charge is 2.15. The standard InChI is InChI=1S/C14H14BrFN2/c1-9-5-6-13(15)12(7-9)14(18-17)10-3-2-4-11(16)8-10/h2-8,14,18H,17H2,1H3. The summed E-state index contributed by atoms with van der Waals surface area (Å²) in [5.74, 6) is 5.35. The molecule has 94 valence electrons. The molecule has 2 nitrogen and oxygen atoms in total. The van der Waals surface area contributed by atoms with Crippen molar-refractivity contribution in [2.75, 3.05) is 0 Å². The molecule has 0 heterocycles. The lowest BCUT2D eigenvalue weighted by Gasteiger charge is -2.19. The van der Waals surface area contributed by atoms with Crippen LogP contribution in [0.4, 0.5) is 4.39 Å². The third-order valence-electron chi connectivity index (χ3n) is 2.81. The highest BCUT2D eigenvalue weighted by Crippen LogP contribution is 2.29. The van der Waals surface area contributed by atoms with Gasteiger partial charge in [-0.25, -0.2) is 9.82 Å². The Hall–Kier alpha value is -1.23. The molecule has 1 unspecified atom stereocenters. The first-order valence-electron chi connectivity index (χ1n) is 5.59. The average Bonchev–Trinajstić information content (AvgIpc) is 2.35. The van der Waals surface area contributed by atoms with Crippen molar-refractivity contribution in [3.8, 4) is 0 Å². The molecule has 3 N–H and O–H groups in total. The Kier molecular flexibility index (Phi) is 4.11. The summed E-state index contributed by atoms with van der Waals surface area (Å²) in [6.45, 7) is 2.01. The maximum Gasteiger partial charge on any atom is 0.123 e.